The number of rotatable bonds is 6. The van der Waals surface area contributed by atoms with E-state index in [4.69, 9.17) is 39.6 Å². The first-order valence-corrected chi connectivity index (χ1v) is 10.1. The van der Waals surface area contributed by atoms with E-state index in [1.54, 1.807) is 18.2 Å². The second kappa shape index (κ2) is 8.60. The van der Waals surface area contributed by atoms with Crippen LogP contribution in [0.4, 0.5) is 11.6 Å². The number of carbonyl (C=O) groups is 1. The molecular weight excluding hydrogens is 421 g/mol. The van der Waals surface area contributed by atoms with Crippen LogP contribution in [-0.2, 0) is 4.79 Å². The van der Waals surface area contributed by atoms with Crippen molar-refractivity contribution in [2.24, 2.45) is 0 Å². The molecule has 0 aliphatic carbocycles. The Morgan fingerprint density at radius 3 is 2.46 bits per heavy atom. The number of nitrogens with one attached hydrogen (secondary N) is 1. The Morgan fingerprint density at radius 2 is 1.86 bits per heavy atom. The van der Waals surface area contributed by atoms with Crippen LogP contribution in [-0.4, -0.2) is 15.7 Å². The van der Waals surface area contributed by atoms with E-state index in [0.717, 1.165) is 18.4 Å². The maximum absolute atomic E-state index is 11.8. The average molecular weight is 441 g/mol. The van der Waals surface area contributed by atoms with Gasteiger partial charge in [-0.25, -0.2) is 9.78 Å². The molecule has 1 aromatic heterocycles. The lowest BCUT2D eigenvalue weighted by atomic mass is 9.93. The molecule has 0 radical (unpaired) electrons. The van der Waals surface area contributed by atoms with Gasteiger partial charge in [0.05, 0.1) is 15.7 Å². The molecule has 2 aromatic carbocycles. The Kier molecular flexibility index (Phi) is 6.38. The summed E-state index contributed by atoms with van der Waals surface area (Å²) in [5.41, 5.74) is 2.83. The van der Waals surface area contributed by atoms with Crippen LogP contribution in [0.5, 0.6) is 0 Å². The number of anilines is 2. The van der Waals surface area contributed by atoms with Crippen molar-refractivity contribution in [3.63, 3.8) is 0 Å². The lowest BCUT2D eigenvalue weighted by Crippen LogP contribution is -2.19. The van der Waals surface area contributed by atoms with Gasteiger partial charge >= 0.3 is 5.97 Å². The van der Waals surface area contributed by atoms with Crippen LogP contribution >= 0.6 is 34.8 Å². The molecule has 0 fully saturated rings. The SMILES string of the molecule is CCC(CC)c1ccc(Cl)c2nc(Nc3ccc(Cl)cc3Cl)n(OC(C)=O)c12. The highest BCUT2D eigenvalue weighted by atomic mass is 35.5. The summed E-state index contributed by atoms with van der Waals surface area (Å²) < 4.78 is 1.39. The van der Waals surface area contributed by atoms with Gasteiger partial charge in [0.2, 0.25) is 5.95 Å². The van der Waals surface area contributed by atoms with Gasteiger partial charge in [0.25, 0.3) is 0 Å². The summed E-state index contributed by atoms with van der Waals surface area (Å²) in [6.45, 7) is 5.58. The number of nitrogens with zero attached hydrogens (tertiary/aromatic N) is 2. The normalized spacial score (nSPS) is 11.2. The smallest absolute Gasteiger partial charge is 0.330 e. The molecule has 3 rings (SSSR count). The molecule has 0 spiro atoms. The minimum absolute atomic E-state index is 0.276. The zero-order chi connectivity index (χ0) is 20.4. The first-order valence-electron chi connectivity index (χ1n) is 8.97. The number of fused-ring (bicyclic) bond motifs is 1. The minimum Gasteiger partial charge on any atom is -0.333 e. The molecule has 1 N–H and O–H groups in total. The first-order chi connectivity index (χ1) is 13.3. The van der Waals surface area contributed by atoms with E-state index < -0.39 is 5.97 Å². The van der Waals surface area contributed by atoms with Crippen molar-refractivity contribution in [1.82, 2.24) is 9.71 Å². The molecule has 0 saturated carbocycles. The van der Waals surface area contributed by atoms with Gasteiger partial charge in [0.1, 0.15) is 11.0 Å². The Morgan fingerprint density at radius 1 is 1.14 bits per heavy atom. The summed E-state index contributed by atoms with van der Waals surface area (Å²) in [7, 11) is 0. The molecule has 0 aliphatic heterocycles. The zero-order valence-corrected chi connectivity index (χ0v) is 18.0. The van der Waals surface area contributed by atoms with Crippen LogP contribution in [0.1, 0.15) is 45.1 Å². The Balaban J connectivity index is 2.23. The van der Waals surface area contributed by atoms with Crippen molar-refractivity contribution in [2.75, 3.05) is 5.32 Å². The second-order valence-electron chi connectivity index (χ2n) is 6.41. The number of hydrogen-bond donors (Lipinski definition) is 1. The van der Waals surface area contributed by atoms with Crippen LogP contribution in [0.2, 0.25) is 15.1 Å². The summed E-state index contributed by atoms with van der Waals surface area (Å²) in [6.07, 6.45) is 1.87. The maximum Gasteiger partial charge on any atom is 0.330 e. The van der Waals surface area contributed by atoms with Crippen molar-refractivity contribution in [3.05, 3.63) is 51.0 Å². The zero-order valence-electron chi connectivity index (χ0n) is 15.7. The fraction of sp³-hybridized carbons (Fsp3) is 0.300. The standard InChI is InChI=1S/C20H20Cl3N3O2/c1-4-12(5-2)14-7-8-15(22)18-19(14)26(28-11(3)27)20(25-18)24-17-9-6-13(21)10-16(17)23/h6-10,12H,4-5H2,1-3H3,(H,24,25). The van der Waals surface area contributed by atoms with Gasteiger partial charge in [0, 0.05) is 11.9 Å². The van der Waals surface area contributed by atoms with Gasteiger partial charge in [-0.2, -0.15) is 0 Å². The lowest BCUT2D eigenvalue weighted by Gasteiger charge is -2.16. The van der Waals surface area contributed by atoms with Gasteiger partial charge in [-0.1, -0.05) is 54.7 Å². The lowest BCUT2D eigenvalue weighted by molar-refractivity contribution is -0.140. The molecule has 3 aromatic rings. The number of halogens is 3. The third kappa shape index (κ3) is 4.07. The van der Waals surface area contributed by atoms with E-state index in [-0.39, 0.29) is 5.92 Å². The molecule has 1 heterocycles. The molecule has 0 atom stereocenters. The van der Waals surface area contributed by atoms with Crippen molar-refractivity contribution >= 4 is 63.4 Å². The van der Waals surface area contributed by atoms with Crippen molar-refractivity contribution < 1.29 is 9.63 Å². The molecular formula is C20H20Cl3N3O2. The van der Waals surface area contributed by atoms with Gasteiger partial charge < -0.3 is 10.2 Å². The van der Waals surface area contributed by atoms with Crippen LogP contribution in [0, 0.1) is 0 Å². The highest BCUT2D eigenvalue weighted by molar-refractivity contribution is 6.36. The van der Waals surface area contributed by atoms with Crippen LogP contribution in [0.25, 0.3) is 11.0 Å². The summed E-state index contributed by atoms with van der Waals surface area (Å²) >= 11 is 18.7. The third-order valence-electron chi connectivity index (χ3n) is 4.57. The first kappa shape index (κ1) is 20.8. The van der Waals surface area contributed by atoms with Crippen molar-refractivity contribution in [2.45, 2.75) is 39.5 Å². The average Bonchev–Trinajstić information content (AvgIpc) is 2.99. The highest BCUT2D eigenvalue weighted by Gasteiger charge is 2.23. The summed E-state index contributed by atoms with van der Waals surface area (Å²) in [5.74, 6) is 0.104. The van der Waals surface area contributed by atoms with E-state index in [2.05, 4.69) is 24.1 Å². The minimum atomic E-state index is -0.472. The van der Waals surface area contributed by atoms with E-state index in [9.17, 15) is 4.79 Å². The summed E-state index contributed by atoms with van der Waals surface area (Å²) in [6, 6.07) is 8.83. The molecule has 0 aliphatic rings. The topological polar surface area (TPSA) is 56.1 Å². The Hall–Kier alpha value is -1.95. The number of imidazole rings is 1. The van der Waals surface area contributed by atoms with Gasteiger partial charge in [0.15, 0.2) is 0 Å². The fourth-order valence-corrected chi connectivity index (χ4v) is 3.86. The van der Waals surface area contributed by atoms with E-state index in [1.807, 2.05) is 12.1 Å². The molecule has 8 heteroatoms. The predicted molar refractivity (Wildman–Crippen MR) is 115 cm³/mol. The molecule has 0 amide bonds. The number of carbonyl (C=O) groups excluding carboxylic acids is 1. The van der Waals surface area contributed by atoms with E-state index in [1.165, 1.54) is 11.7 Å². The highest BCUT2D eigenvalue weighted by Crippen LogP contribution is 2.36. The van der Waals surface area contributed by atoms with Crippen molar-refractivity contribution in [3.8, 4) is 0 Å². The van der Waals surface area contributed by atoms with Gasteiger partial charge in [-0.15, -0.1) is 4.73 Å². The predicted octanol–water partition coefficient (Wildman–Crippen LogP) is 6.62. The summed E-state index contributed by atoms with van der Waals surface area (Å²) in [4.78, 5) is 21.9. The van der Waals surface area contributed by atoms with Crippen LogP contribution in [0.3, 0.4) is 0 Å². The molecule has 5 nitrogen and oxygen atoms in total. The van der Waals surface area contributed by atoms with E-state index in [0.29, 0.717) is 37.7 Å². The third-order valence-corrected chi connectivity index (χ3v) is 5.42. The summed E-state index contributed by atoms with van der Waals surface area (Å²) in [5, 5.41) is 4.52. The molecule has 0 unspecified atom stereocenters. The van der Waals surface area contributed by atoms with Crippen LogP contribution < -0.4 is 10.2 Å². The van der Waals surface area contributed by atoms with Crippen molar-refractivity contribution in [1.29, 1.82) is 0 Å². The maximum atomic E-state index is 11.8. The largest absolute Gasteiger partial charge is 0.333 e. The number of aromatic nitrogens is 2. The molecule has 28 heavy (non-hydrogen) atoms. The quantitative estimate of drug-likeness (QED) is 0.468. The number of benzene rings is 2. The number of hydrogen-bond acceptors (Lipinski definition) is 4. The van der Waals surface area contributed by atoms with Crippen LogP contribution in [0.15, 0.2) is 30.3 Å². The molecule has 148 valence electrons. The Labute approximate surface area is 178 Å². The molecule has 0 saturated heterocycles. The monoisotopic (exact) mass is 439 g/mol. The van der Waals surface area contributed by atoms with Gasteiger partial charge in [-0.3, -0.25) is 0 Å². The fourth-order valence-electron chi connectivity index (χ4n) is 3.21. The van der Waals surface area contributed by atoms with E-state index >= 15 is 0 Å². The second-order valence-corrected chi connectivity index (χ2v) is 7.66. The molecule has 0 bridgehead atoms. The Bertz CT molecular complexity index is 1030. The van der Waals surface area contributed by atoms with Gasteiger partial charge in [-0.05, 0) is 48.6 Å².